The van der Waals surface area contributed by atoms with Gasteiger partial charge >= 0.3 is 0 Å². The summed E-state index contributed by atoms with van der Waals surface area (Å²) < 4.78 is 5.94. The second-order valence-corrected chi connectivity index (χ2v) is 7.56. The number of rotatable bonds is 7. The summed E-state index contributed by atoms with van der Waals surface area (Å²) in [6.45, 7) is 11.9. The van der Waals surface area contributed by atoms with E-state index in [0.29, 0.717) is 12.5 Å². The smallest absolute Gasteiger partial charge is 0.193 e. The minimum atomic E-state index is 0.649. The van der Waals surface area contributed by atoms with E-state index in [1.54, 1.807) is 0 Å². The summed E-state index contributed by atoms with van der Waals surface area (Å²) >= 11 is 0. The molecule has 26 heavy (non-hydrogen) atoms. The molecule has 0 spiro atoms. The molecule has 0 aliphatic carbocycles. The predicted molar refractivity (Wildman–Crippen MR) is 110 cm³/mol. The van der Waals surface area contributed by atoms with Gasteiger partial charge in [-0.3, -0.25) is 4.99 Å². The molecule has 5 heteroatoms. The van der Waals surface area contributed by atoms with Crippen LogP contribution in [0.4, 0.5) is 0 Å². The van der Waals surface area contributed by atoms with Gasteiger partial charge in [-0.25, -0.2) is 0 Å². The van der Waals surface area contributed by atoms with Crippen molar-refractivity contribution in [1.82, 2.24) is 15.1 Å². The van der Waals surface area contributed by atoms with Gasteiger partial charge in [0, 0.05) is 26.7 Å². The third kappa shape index (κ3) is 6.87. The standard InChI is InChI=1S/C21H36N4O/c1-6-22-21(23-15-19-8-7-9-24(4)16-19)25(5)10-11-26-20-13-17(2)12-18(3)14-20/h12-14,19H,6-11,15-16H2,1-5H3,(H,22,23). The van der Waals surface area contributed by atoms with Gasteiger partial charge in [0.05, 0.1) is 6.54 Å². The van der Waals surface area contributed by atoms with Gasteiger partial charge in [0.2, 0.25) is 0 Å². The van der Waals surface area contributed by atoms with E-state index in [1.165, 1.54) is 30.5 Å². The lowest BCUT2D eigenvalue weighted by Gasteiger charge is -2.29. The summed E-state index contributed by atoms with van der Waals surface area (Å²) in [7, 11) is 4.29. The number of hydrogen-bond donors (Lipinski definition) is 1. The van der Waals surface area contributed by atoms with Crippen molar-refractivity contribution in [2.45, 2.75) is 33.6 Å². The largest absolute Gasteiger partial charge is 0.492 e. The van der Waals surface area contributed by atoms with Gasteiger partial charge in [-0.2, -0.15) is 0 Å². The van der Waals surface area contributed by atoms with E-state index in [1.807, 2.05) is 0 Å². The van der Waals surface area contributed by atoms with Gasteiger partial charge in [-0.1, -0.05) is 6.07 Å². The van der Waals surface area contributed by atoms with Gasteiger partial charge in [0.25, 0.3) is 0 Å². The maximum Gasteiger partial charge on any atom is 0.193 e. The number of piperidine rings is 1. The Morgan fingerprint density at radius 3 is 2.69 bits per heavy atom. The molecular formula is C21H36N4O. The van der Waals surface area contributed by atoms with Gasteiger partial charge in [0.1, 0.15) is 12.4 Å². The van der Waals surface area contributed by atoms with Crippen molar-refractivity contribution in [2.24, 2.45) is 10.9 Å². The van der Waals surface area contributed by atoms with Gasteiger partial charge < -0.3 is 19.9 Å². The van der Waals surface area contributed by atoms with E-state index in [0.717, 1.165) is 37.9 Å². The molecule has 1 fully saturated rings. The van der Waals surface area contributed by atoms with Crippen LogP contribution in [0.1, 0.15) is 30.9 Å². The molecular weight excluding hydrogens is 324 g/mol. The summed E-state index contributed by atoms with van der Waals surface area (Å²) in [5.41, 5.74) is 2.47. The number of benzene rings is 1. The van der Waals surface area contributed by atoms with Crippen LogP contribution in [0.2, 0.25) is 0 Å². The van der Waals surface area contributed by atoms with Crippen LogP contribution >= 0.6 is 0 Å². The van der Waals surface area contributed by atoms with Gasteiger partial charge in [-0.05, 0) is 76.4 Å². The molecule has 0 aromatic heterocycles. The van der Waals surface area contributed by atoms with Crippen LogP contribution in [0.15, 0.2) is 23.2 Å². The highest BCUT2D eigenvalue weighted by Crippen LogP contribution is 2.16. The third-order valence-corrected chi connectivity index (χ3v) is 4.81. The zero-order valence-electron chi connectivity index (χ0n) is 17.2. The molecule has 0 amide bonds. The van der Waals surface area contributed by atoms with Crippen LogP contribution in [-0.4, -0.2) is 69.2 Å². The molecule has 1 heterocycles. The van der Waals surface area contributed by atoms with Crippen molar-refractivity contribution in [1.29, 1.82) is 0 Å². The van der Waals surface area contributed by atoms with E-state index in [4.69, 9.17) is 9.73 Å². The summed E-state index contributed by atoms with van der Waals surface area (Å²) in [5, 5.41) is 3.41. The molecule has 5 nitrogen and oxygen atoms in total. The Hall–Kier alpha value is -1.75. The lowest BCUT2D eigenvalue weighted by molar-refractivity contribution is 0.214. The Bertz CT molecular complexity index is 567. The maximum absolute atomic E-state index is 5.94. The Morgan fingerprint density at radius 2 is 2.04 bits per heavy atom. The molecule has 1 saturated heterocycles. The first kappa shape index (κ1) is 20.6. The Morgan fingerprint density at radius 1 is 1.31 bits per heavy atom. The predicted octanol–water partition coefficient (Wildman–Crippen LogP) is 2.92. The minimum absolute atomic E-state index is 0.649. The summed E-state index contributed by atoms with van der Waals surface area (Å²) in [6.07, 6.45) is 2.57. The Balaban J connectivity index is 1.84. The summed E-state index contributed by atoms with van der Waals surface area (Å²) in [6, 6.07) is 6.34. The summed E-state index contributed by atoms with van der Waals surface area (Å²) in [4.78, 5) is 9.45. The molecule has 0 bridgehead atoms. The first-order valence-electron chi connectivity index (χ1n) is 9.87. The van der Waals surface area contributed by atoms with Crippen LogP contribution in [0.25, 0.3) is 0 Å². The number of nitrogens with zero attached hydrogens (tertiary/aromatic N) is 3. The maximum atomic E-state index is 5.94. The van der Waals surface area contributed by atoms with Crippen LogP contribution in [0.5, 0.6) is 5.75 Å². The van der Waals surface area contributed by atoms with E-state index in [-0.39, 0.29) is 0 Å². The molecule has 1 aromatic rings. The van der Waals surface area contributed by atoms with Crippen LogP contribution in [0, 0.1) is 19.8 Å². The number of guanidine groups is 1. The molecule has 1 atom stereocenters. The SMILES string of the molecule is CCNC(=NCC1CCCN(C)C1)N(C)CCOc1cc(C)cc(C)c1. The Kier molecular flexibility index (Phi) is 8.23. The molecule has 1 N–H and O–H groups in total. The minimum Gasteiger partial charge on any atom is -0.492 e. The first-order valence-corrected chi connectivity index (χ1v) is 9.87. The number of ether oxygens (including phenoxy) is 1. The number of aliphatic imine (C=N–C) groups is 1. The highest BCUT2D eigenvalue weighted by molar-refractivity contribution is 5.79. The number of likely N-dealkylation sites (N-methyl/N-ethyl adjacent to an activating group) is 1. The second-order valence-electron chi connectivity index (χ2n) is 7.56. The number of likely N-dealkylation sites (tertiary alicyclic amines) is 1. The van der Waals surface area contributed by atoms with Crippen molar-refractivity contribution >= 4 is 5.96 Å². The van der Waals surface area contributed by atoms with E-state index >= 15 is 0 Å². The molecule has 0 radical (unpaired) electrons. The molecule has 1 aliphatic heterocycles. The number of hydrogen-bond acceptors (Lipinski definition) is 3. The lowest BCUT2D eigenvalue weighted by atomic mass is 9.99. The average Bonchev–Trinajstić information content (AvgIpc) is 2.57. The topological polar surface area (TPSA) is 40.1 Å². The van der Waals surface area contributed by atoms with Crippen molar-refractivity contribution in [2.75, 3.05) is 53.4 Å². The summed E-state index contributed by atoms with van der Waals surface area (Å²) in [5.74, 6) is 2.59. The number of nitrogens with one attached hydrogen (secondary N) is 1. The highest BCUT2D eigenvalue weighted by atomic mass is 16.5. The monoisotopic (exact) mass is 360 g/mol. The molecule has 146 valence electrons. The molecule has 2 rings (SSSR count). The molecule has 0 saturated carbocycles. The average molecular weight is 361 g/mol. The number of aryl methyl sites for hydroxylation is 2. The molecule has 1 unspecified atom stereocenters. The van der Waals surface area contributed by atoms with E-state index in [9.17, 15) is 0 Å². The van der Waals surface area contributed by atoms with E-state index < -0.39 is 0 Å². The van der Waals surface area contributed by atoms with Crippen molar-refractivity contribution in [3.05, 3.63) is 29.3 Å². The van der Waals surface area contributed by atoms with Crippen molar-refractivity contribution in [3.8, 4) is 5.75 Å². The normalized spacial score (nSPS) is 18.7. The van der Waals surface area contributed by atoms with Crippen LogP contribution < -0.4 is 10.1 Å². The second kappa shape index (κ2) is 10.4. The van der Waals surface area contributed by atoms with Gasteiger partial charge in [0.15, 0.2) is 5.96 Å². The van der Waals surface area contributed by atoms with Crippen molar-refractivity contribution < 1.29 is 4.74 Å². The molecule has 1 aliphatic rings. The quantitative estimate of drug-likeness (QED) is 0.599. The zero-order valence-corrected chi connectivity index (χ0v) is 17.2. The highest BCUT2D eigenvalue weighted by Gasteiger charge is 2.17. The first-order chi connectivity index (χ1) is 12.5. The fourth-order valence-corrected chi connectivity index (χ4v) is 3.53. The fourth-order valence-electron chi connectivity index (χ4n) is 3.53. The van der Waals surface area contributed by atoms with Gasteiger partial charge in [-0.15, -0.1) is 0 Å². The zero-order chi connectivity index (χ0) is 18.9. The van der Waals surface area contributed by atoms with Crippen LogP contribution in [0.3, 0.4) is 0 Å². The van der Waals surface area contributed by atoms with E-state index in [2.05, 4.69) is 68.2 Å². The third-order valence-electron chi connectivity index (χ3n) is 4.81. The van der Waals surface area contributed by atoms with Crippen molar-refractivity contribution in [3.63, 3.8) is 0 Å². The Labute approximate surface area is 159 Å². The van der Waals surface area contributed by atoms with Crippen LogP contribution in [-0.2, 0) is 0 Å². The lowest BCUT2D eigenvalue weighted by Crippen LogP contribution is -2.41. The fraction of sp³-hybridized carbons (Fsp3) is 0.667. The molecule has 1 aromatic carbocycles.